The number of likely N-dealkylation sites (N-methyl/N-ethyl adjacent to an activating group) is 2. The van der Waals surface area contributed by atoms with Crippen molar-refractivity contribution in [3.8, 4) is 0 Å². The Balaban J connectivity index is 0.00000243. The molecule has 3 heterocycles. The highest BCUT2D eigenvalue weighted by Crippen LogP contribution is 2.08. The molecule has 1 atom stereocenters. The van der Waals surface area contributed by atoms with Gasteiger partial charge in [0.1, 0.15) is 6.26 Å². The summed E-state index contributed by atoms with van der Waals surface area (Å²) in [5.41, 5.74) is 1.00. The Bertz CT molecular complexity index is 545. The van der Waals surface area contributed by atoms with Crippen molar-refractivity contribution in [2.75, 3.05) is 73.5 Å². The number of aromatic nitrogens is 1. The molecule has 0 aromatic carbocycles. The molecule has 1 aromatic rings. The molecule has 2 aliphatic rings. The summed E-state index contributed by atoms with van der Waals surface area (Å²) in [5.74, 6) is 1.02. The summed E-state index contributed by atoms with van der Waals surface area (Å²) in [7, 11) is 6.29. The summed E-state index contributed by atoms with van der Waals surface area (Å²) in [4.78, 5) is 14.1. The molecule has 0 bridgehead atoms. The first-order chi connectivity index (χ1) is 12.2. The molecule has 3 rings (SSSR count). The predicted octanol–water partition coefficient (Wildman–Crippen LogP) is 0.231. The van der Waals surface area contributed by atoms with Gasteiger partial charge in [-0.3, -0.25) is 14.8 Å². The van der Waals surface area contributed by atoms with E-state index in [9.17, 15) is 0 Å². The van der Waals surface area contributed by atoms with Crippen LogP contribution in [-0.4, -0.2) is 110 Å². The van der Waals surface area contributed by atoms with Crippen LogP contribution in [0.15, 0.2) is 21.8 Å². The van der Waals surface area contributed by atoms with Crippen LogP contribution in [0.1, 0.15) is 5.69 Å². The van der Waals surface area contributed by atoms with E-state index in [0.29, 0.717) is 6.04 Å². The maximum absolute atomic E-state index is 4.91. The van der Waals surface area contributed by atoms with Gasteiger partial charge in [-0.25, -0.2) is 0 Å². The second-order valence-electron chi connectivity index (χ2n) is 7.08. The minimum Gasteiger partial charge on any atom is -0.364 e. The van der Waals surface area contributed by atoms with Crippen LogP contribution in [-0.2, 0) is 6.54 Å². The van der Waals surface area contributed by atoms with Gasteiger partial charge < -0.3 is 19.6 Å². The first-order valence-electron chi connectivity index (χ1n) is 9.11. The van der Waals surface area contributed by atoms with Crippen LogP contribution in [0.3, 0.4) is 0 Å². The summed E-state index contributed by atoms with van der Waals surface area (Å²) < 4.78 is 4.91. The quantitative estimate of drug-likeness (QED) is 0.379. The number of guanidine groups is 1. The van der Waals surface area contributed by atoms with E-state index in [2.05, 4.69) is 49.2 Å². The van der Waals surface area contributed by atoms with E-state index in [4.69, 9.17) is 4.52 Å². The van der Waals surface area contributed by atoms with Gasteiger partial charge in [-0.2, -0.15) is 0 Å². The van der Waals surface area contributed by atoms with Crippen molar-refractivity contribution < 1.29 is 4.52 Å². The lowest BCUT2D eigenvalue weighted by Gasteiger charge is -2.39. The Morgan fingerprint density at radius 3 is 2.65 bits per heavy atom. The van der Waals surface area contributed by atoms with Crippen molar-refractivity contribution in [2.45, 2.75) is 12.6 Å². The second-order valence-corrected chi connectivity index (χ2v) is 7.08. The Morgan fingerprint density at radius 1 is 1.23 bits per heavy atom. The molecule has 8 nitrogen and oxygen atoms in total. The second kappa shape index (κ2) is 10.4. The normalized spacial score (nSPS) is 23.7. The molecule has 2 saturated heterocycles. The van der Waals surface area contributed by atoms with E-state index in [1.165, 1.54) is 0 Å². The van der Waals surface area contributed by atoms with Gasteiger partial charge in [0.2, 0.25) is 0 Å². The smallest absolute Gasteiger partial charge is 0.193 e. The summed E-state index contributed by atoms with van der Waals surface area (Å²) in [6.07, 6.45) is 1.64. The van der Waals surface area contributed by atoms with Crippen LogP contribution in [0.4, 0.5) is 0 Å². The molecule has 26 heavy (non-hydrogen) atoms. The topological polar surface area (TPSA) is 63.4 Å². The van der Waals surface area contributed by atoms with E-state index in [-0.39, 0.29) is 24.0 Å². The maximum atomic E-state index is 4.91. The number of halogens is 1. The largest absolute Gasteiger partial charge is 0.364 e. The third kappa shape index (κ3) is 5.80. The van der Waals surface area contributed by atoms with E-state index >= 15 is 0 Å². The SMILES string of the molecule is CN=C(NCC1CN(C)CCN1C)N1CCN(Cc2ccon2)CC1.I. The Morgan fingerprint density at radius 2 is 2.00 bits per heavy atom. The molecule has 0 spiro atoms. The number of rotatable bonds is 4. The molecule has 2 aliphatic heterocycles. The van der Waals surface area contributed by atoms with E-state index in [1.807, 2.05) is 13.1 Å². The number of nitrogens with one attached hydrogen (secondary N) is 1. The summed E-state index contributed by atoms with van der Waals surface area (Å²) >= 11 is 0. The molecule has 1 N–H and O–H groups in total. The molecule has 0 amide bonds. The van der Waals surface area contributed by atoms with Crippen molar-refractivity contribution >= 4 is 29.9 Å². The van der Waals surface area contributed by atoms with Crippen molar-refractivity contribution in [3.63, 3.8) is 0 Å². The molecule has 0 radical (unpaired) electrons. The fraction of sp³-hybridized carbons (Fsp3) is 0.765. The molecule has 1 unspecified atom stereocenters. The molecule has 1 aromatic heterocycles. The minimum atomic E-state index is 0. The molecule has 9 heteroatoms. The molecular formula is C17H32IN7O. The maximum Gasteiger partial charge on any atom is 0.193 e. The minimum absolute atomic E-state index is 0. The molecule has 0 saturated carbocycles. The third-order valence-electron chi connectivity index (χ3n) is 5.24. The molecule has 148 valence electrons. The molecule has 0 aliphatic carbocycles. The number of piperazine rings is 2. The lowest BCUT2D eigenvalue weighted by Crippen LogP contribution is -2.57. The van der Waals surface area contributed by atoms with Crippen LogP contribution in [0.25, 0.3) is 0 Å². The first-order valence-corrected chi connectivity index (χ1v) is 9.11. The van der Waals surface area contributed by atoms with E-state index in [1.54, 1.807) is 6.26 Å². The van der Waals surface area contributed by atoms with Gasteiger partial charge in [0.25, 0.3) is 0 Å². The average Bonchev–Trinajstić information content (AvgIpc) is 3.12. The Kier molecular flexibility index (Phi) is 8.58. The summed E-state index contributed by atoms with van der Waals surface area (Å²) in [5, 5.41) is 7.58. The third-order valence-corrected chi connectivity index (χ3v) is 5.24. The highest BCUT2D eigenvalue weighted by atomic mass is 127. The van der Waals surface area contributed by atoms with Crippen LogP contribution in [0, 0.1) is 0 Å². The van der Waals surface area contributed by atoms with Crippen LogP contribution >= 0.6 is 24.0 Å². The highest BCUT2D eigenvalue weighted by molar-refractivity contribution is 14.0. The van der Waals surface area contributed by atoms with E-state index in [0.717, 1.165) is 70.6 Å². The van der Waals surface area contributed by atoms with Gasteiger partial charge in [0.05, 0.1) is 5.69 Å². The summed E-state index contributed by atoms with van der Waals surface area (Å²) in [6, 6.07) is 2.47. The lowest BCUT2D eigenvalue weighted by molar-refractivity contribution is 0.115. The van der Waals surface area contributed by atoms with Crippen LogP contribution < -0.4 is 5.32 Å². The standard InChI is InChI=1S/C17H31N7O.HI/c1-18-17(19-12-16-14-21(2)5-6-22(16)3)24-9-7-23(8-10-24)13-15-4-11-25-20-15;/h4,11,16H,5-10,12-14H2,1-3H3,(H,18,19);1H. The van der Waals surface area contributed by atoms with Crippen molar-refractivity contribution in [1.29, 1.82) is 0 Å². The predicted molar refractivity (Wildman–Crippen MR) is 114 cm³/mol. The number of hydrogen-bond acceptors (Lipinski definition) is 6. The zero-order valence-corrected chi connectivity index (χ0v) is 18.4. The van der Waals surface area contributed by atoms with Crippen LogP contribution in [0.2, 0.25) is 0 Å². The number of aliphatic imine (C=N–C) groups is 1. The Hall–Kier alpha value is -0.910. The van der Waals surface area contributed by atoms with Gasteiger partial charge in [-0.15, -0.1) is 24.0 Å². The number of nitrogens with zero attached hydrogens (tertiary/aromatic N) is 6. The van der Waals surface area contributed by atoms with Gasteiger partial charge in [-0.05, 0) is 14.1 Å². The molecule has 2 fully saturated rings. The zero-order valence-electron chi connectivity index (χ0n) is 16.1. The molecular weight excluding hydrogens is 445 g/mol. The monoisotopic (exact) mass is 477 g/mol. The summed E-state index contributed by atoms with van der Waals surface area (Å²) in [6.45, 7) is 9.17. The van der Waals surface area contributed by atoms with Crippen molar-refractivity contribution in [1.82, 2.24) is 30.1 Å². The lowest BCUT2D eigenvalue weighted by atomic mass is 10.2. The van der Waals surface area contributed by atoms with Crippen LogP contribution in [0.5, 0.6) is 0 Å². The van der Waals surface area contributed by atoms with Crippen molar-refractivity contribution in [2.24, 2.45) is 4.99 Å². The first kappa shape index (κ1) is 21.4. The number of hydrogen-bond donors (Lipinski definition) is 1. The van der Waals surface area contributed by atoms with Gasteiger partial charge >= 0.3 is 0 Å². The van der Waals surface area contributed by atoms with E-state index < -0.39 is 0 Å². The zero-order chi connectivity index (χ0) is 17.6. The highest BCUT2D eigenvalue weighted by Gasteiger charge is 2.24. The van der Waals surface area contributed by atoms with Gasteiger partial charge in [-0.1, -0.05) is 5.16 Å². The van der Waals surface area contributed by atoms with Crippen molar-refractivity contribution in [3.05, 3.63) is 18.0 Å². The van der Waals surface area contributed by atoms with Gasteiger partial charge in [0, 0.05) is 78.1 Å². The van der Waals surface area contributed by atoms with Gasteiger partial charge in [0.15, 0.2) is 5.96 Å². The Labute approximate surface area is 173 Å². The fourth-order valence-electron chi connectivity index (χ4n) is 3.53. The fourth-order valence-corrected chi connectivity index (χ4v) is 3.53. The average molecular weight is 477 g/mol.